The summed E-state index contributed by atoms with van der Waals surface area (Å²) in [7, 11) is 1.82. The molecule has 1 aliphatic heterocycles. The van der Waals surface area contributed by atoms with Crippen molar-refractivity contribution in [2.75, 3.05) is 13.1 Å². The second kappa shape index (κ2) is 3.91. The molecule has 0 atom stereocenters. The van der Waals surface area contributed by atoms with Gasteiger partial charge in [0.1, 0.15) is 11.2 Å². The van der Waals surface area contributed by atoms with Gasteiger partial charge < -0.3 is 14.8 Å². The van der Waals surface area contributed by atoms with Gasteiger partial charge in [-0.25, -0.2) is 0 Å². The summed E-state index contributed by atoms with van der Waals surface area (Å²) in [6, 6.07) is 3.59. The third-order valence-corrected chi connectivity index (χ3v) is 3.26. The highest BCUT2D eigenvalue weighted by Crippen LogP contribution is 2.20. The van der Waals surface area contributed by atoms with Crippen LogP contribution in [-0.2, 0) is 11.8 Å². The first-order valence-corrected chi connectivity index (χ1v) is 5.66. The van der Waals surface area contributed by atoms with Gasteiger partial charge in [0.15, 0.2) is 0 Å². The second-order valence-corrected chi connectivity index (χ2v) is 4.78. The summed E-state index contributed by atoms with van der Waals surface area (Å²) in [5.74, 6) is -0.205. The molecule has 0 aromatic carbocycles. The summed E-state index contributed by atoms with van der Waals surface area (Å²) in [5, 5.41) is 2.78. The first kappa shape index (κ1) is 11.7. The van der Waals surface area contributed by atoms with Crippen molar-refractivity contribution >= 4 is 11.8 Å². The first-order chi connectivity index (χ1) is 7.94. The average Bonchev–Trinajstić information content (AvgIpc) is 2.68. The highest BCUT2D eigenvalue weighted by molar-refractivity contribution is 5.98. The zero-order chi connectivity index (χ0) is 12.6. The first-order valence-electron chi connectivity index (χ1n) is 5.66. The van der Waals surface area contributed by atoms with Gasteiger partial charge in [0.2, 0.25) is 5.91 Å². The van der Waals surface area contributed by atoms with Gasteiger partial charge >= 0.3 is 0 Å². The topological polar surface area (TPSA) is 54.3 Å². The lowest BCUT2D eigenvalue weighted by Gasteiger charge is -2.41. The lowest BCUT2D eigenvalue weighted by Crippen LogP contribution is -2.63. The van der Waals surface area contributed by atoms with E-state index >= 15 is 0 Å². The fourth-order valence-corrected chi connectivity index (χ4v) is 2.08. The SMILES string of the molecule is Cn1cccc1C(=O)N1CCNC(=O)C1(C)C. The number of aryl methyl sites for hydroxylation is 1. The van der Waals surface area contributed by atoms with E-state index in [4.69, 9.17) is 0 Å². The van der Waals surface area contributed by atoms with Gasteiger partial charge in [-0.05, 0) is 26.0 Å². The molecule has 5 nitrogen and oxygen atoms in total. The Hall–Kier alpha value is -1.78. The fraction of sp³-hybridized carbons (Fsp3) is 0.500. The Morgan fingerprint density at radius 3 is 2.76 bits per heavy atom. The number of rotatable bonds is 1. The summed E-state index contributed by atoms with van der Waals surface area (Å²) < 4.78 is 1.77. The average molecular weight is 235 g/mol. The molecule has 92 valence electrons. The summed E-state index contributed by atoms with van der Waals surface area (Å²) in [6.45, 7) is 4.59. The Bertz CT molecular complexity index is 462. The van der Waals surface area contributed by atoms with E-state index in [-0.39, 0.29) is 11.8 Å². The second-order valence-electron chi connectivity index (χ2n) is 4.78. The smallest absolute Gasteiger partial charge is 0.271 e. The number of hydrogen-bond acceptors (Lipinski definition) is 2. The highest BCUT2D eigenvalue weighted by Gasteiger charge is 2.41. The molecule has 1 fully saturated rings. The van der Waals surface area contributed by atoms with E-state index in [2.05, 4.69) is 5.32 Å². The van der Waals surface area contributed by atoms with E-state index in [0.717, 1.165) is 0 Å². The molecule has 1 aromatic rings. The number of nitrogens with one attached hydrogen (secondary N) is 1. The molecular weight excluding hydrogens is 218 g/mol. The van der Waals surface area contributed by atoms with Crippen LogP contribution in [0.15, 0.2) is 18.3 Å². The van der Waals surface area contributed by atoms with Gasteiger partial charge in [0.25, 0.3) is 5.91 Å². The van der Waals surface area contributed by atoms with Crippen LogP contribution >= 0.6 is 0 Å². The van der Waals surface area contributed by atoms with E-state index in [1.54, 1.807) is 29.4 Å². The Morgan fingerprint density at radius 2 is 2.18 bits per heavy atom. The van der Waals surface area contributed by atoms with Crippen molar-refractivity contribution < 1.29 is 9.59 Å². The Kier molecular flexibility index (Phi) is 2.69. The number of nitrogens with zero attached hydrogens (tertiary/aromatic N) is 2. The summed E-state index contributed by atoms with van der Waals surface area (Å²) in [6.07, 6.45) is 1.82. The van der Waals surface area contributed by atoms with Crippen molar-refractivity contribution in [3.8, 4) is 0 Å². The van der Waals surface area contributed by atoms with Crippen LogP contribution in [-0.4, -0.2) is 39.9 Å². The number of hydrogen-bond donors (Lipinski definition) is 1. The Labute approximate surface area is 100 Å². The van der Waals surface area contributed by atoms with Crippen LogP contribution in [0.5, 0.6) is 0 Å². The van der Waals surface area contributed by atoms with Crippen molar-refractivity contribution in [2.45, 2.75) is 19.4 Å². The van der Waals surface area contributed by atoms with E-state index in [1.807, 2.05) is 19.3 Å². The van der Waals surface area contributed by atoms with Gasteiger partial charge in [-0.1, -0.05) is 0 Å². The molecule has 1 aliphatic rings. The van der Waals surface area contributed by atoms with Crippen molar-refractivity contribution in [1.82, 2.24) is 14.8 Å². The Morgan fingerprint density at radius 1 is 1.47 bits per heavy atom. The third-order valence-electron chi connectivity index (χ3n) is 3.26. The molecular formula is C12H17N3O2. The maximum Gasteiger partial charge on any atom is 0.271 e. The maximum atomic E-state index is 12.4. The predicted octanol–water partition coefficient (Wildman–Crippen LogP) is 0.376. The van der Waals surface area contributed by atoms with Crippen LogP contribution in [0.3, 0.4) is 0 Å². The minimum absolute atomic E-state index is 0.0997. The number of aromatic nitrogens is 1. The molecule has 0 unspecified atom stereocenters. The largest absolute Gasteiger partial charge is 0.352 e. The highest BCUT2D eigenvalue weighted by atomic mass is 16.2. The zero-order valence-electron chi connectivity index (χ0n) is 10.4. The van der Waals surface area contributed by atoms with Crippen LogP contribution in [0.4, 0.5) is 0 Å². The van der Waals surface area contributed by atoms with Gasteiger partial charge in [-0.2, -0.15) is 0 Å². The van der Waals surface area contributed by atoms with E-state index < -0.39 is 5.54 Å². The minimum Gasteiger partial charge on any atom is -0.352 e. The maximum absolute atomic E-state index is 12.4. The molecule has 0 spiro atoms. The number of amides is 2. The molecule has 0 saturated carbocycles. The van der Waals surface area contributed by atoms with E-state index in [0.29, 0.717) is 18.8 Å². The molecule has 2 heterocycles. The van der Waals surface area contributed by atoms with Gasteiger partial charge in [-0.15, -0.1) is 0 Å². The quantitative estimate of drug-likeness (QED) is 0.765. The lowest BCUT2D eigenvalue weighted by atomic mass is 9.98. The molecule has 17 heavy (non-hydrogen) atoms. The molecule has 0 aliphatic carbocycles. The standard InChI is InChI=1S/C12H17N3O2/c1-12(2)11(17)13-6-8-15(12)10(16)9-5-4-7-14(9)3/h4-5,7H,6,8H2,1-3H3,(H,13,17). The number of carbonyl (C=O) groups excluding carboxylic acids is 2. The van der Waals surface area contributed by atoms with Crippen LogP contribution in [0.25, 0.3) is 0 Å². The molecule has 1 saturated heterocycles. The van der Waals surface area contributed by atoms with Crippen LogP contribution < -0.4 is 5.32 Å². The molecule has 0 radical (unpaired) electrons. The van der Waals surface area contributed by atoms with Crippen molar-refractivity contribution in [2.24, 2.45) is 7.05 Å². The minimum atomic E-state index is -0.792. The molecule has 0 bridgehead atoms. The third kappa shape index (κ3) is 1.81. The van der Waals surface area contributed by atoms with Gasteiger partial charge in [0, 0.05) is 26.3 Å². The van der Waals surface area contributed by atoms with Crippen molar-refractivity contribution in [1.29, 1.82) is 0 Å². The van der Waals surface area contributed by atoms with E-state index in [1.165, 1.54) is 0 Å². The lowest BCUT2D eigenvalue weighted by molar-refractivity contribution is -0.133. The Balaban J connectivity index is 2.31. The predicted molar refractivity (Wildman–Crippen MR) is 63.5 cm³/mol. The molecule has 5 heteroatoms. The molecule has 1 aromatic heterocycles. The number of carbonyl (C=O) groups is 2. The van der Waals surface area contributed by atoms with Gasteiger partial charge in [-0.3, -0.25) is 9.59 Å². The normalized spacial score (nSPS) is 19.0. The van der Waals surface area contributed by atoms with Gasteiger partial charge in [0.05, 0.1) is 0 Å². The monoisotopic (exact) mass is 235 g/mol. The zero-order valence-corrected chi connectivity index (χ0v) is 10.4. The molecule has 1 N–H and O–H groups in total. The number of piperazine rings is 1. The fourth-order valence-electron chi connectivity index (χ4n) is 2.08. The van der Waals surface area contributed by atoms with Crippen LogP contribution in [0.2, 0.25) is 0 Å². The van der Waals surface area contributed by atoms with Crippen LogP contribution in [0, 0.1) is 0 Å². The van der Waals surface area contributed by atoms with E-state index in [9.17, 15) is 9.59 Å². The van der Waals surface area contributed by atoms with Crippen molar-refractivity contribution in [3.05, 3.63) is 24.0 Å². The summed E-state index contributed by atoms with van der Waals surface area (Å²) in [5.41, 5.74) is -0.188. The molecule has 2 rings (SSSR count). The summed E-state index contributed by atoms with van der Waals surface area (Å²) >= 11 is 0. The van der Waals surface area contributed by atoms with Crippen molar-refractivity contribution in [3.63, 3.8) is 0 Å². The molecule has 2 amide bonds. The summed E-state index contributed by atoms with van der Waals surface area (Å²) in [4.78, 5) is 25.8. The van der Waals surface area contributed by atoms with Crippen LogP contribution in [0.1, 0.15) is 24.3 Å².